The van der Waals surface area contributed by atoms with Crippen LogP contribution >= 0.6 is 0 Å². The zero-order chi connectivity index (χ0) is 23.9. The Kier molecular flexibility index (Phi) is 9.89. The van der Waals surface area contributed by atoms with E-state index >= 15 is 0 Å². The van der Waals surface area contributed by atoms with E-state index in [1.54, 1.807) is 20.8 Å². The van der Waals surface area contributed by atoms with Crippen molar-refractivity contribution in [1.82, 2.24) is 15.5 Å². The third-order valence-corrected chi connectivity index (χ3v) is 5.58. The molecule has 1 fully saturated rings. The Morgan fingerprint density at radius 2 is 1.61 bits per heavy atom. The number of nitrogens with two attached hydrogens (primary N) is 1. The summed E-state index contributed by atoms with van der Waals surface area (Å²) < 4.78 is 0. The predicted molar refractivity (Wildman–Crippen MR) is 111 cm³/mol. The maximum atomic E-state index is 13.0. The summed E-state index contributed by atoms with van der Waals surface area (Å²) in [4.78, 5) is 61.8. The summed E-state index contributed by atoms with van der Waals surface area (Å²) in [7, 11) is 0. The molecule has 0 spiro atoms. The second-order valence-electron chi connectivity index (χ2n) is 8.33. The van der Waals surface area contributed by atoms with Crippen molar-refractivity contribution in [2.75, 3.05) is 6.54 Å². The standard InChI is InChI=1S/C20H34N4O7/c1-5-11(4)16(23-17(27)12(21)9-14(25)26)18(28)22-15(10(2)3)19(29)24-8-6-7-13(24)20(30)31/h10-13,15-16H,5-9,21H2,1-4H3,(H,22,28)(H,23,27)(H,25,26)(H,30,31). The van der Waals surface area contributed by atoms with Crippen molar-refractivity contribution in [1.29, 1.82) is 0 Å². The Morgan fingerprint density at radius 3 is 2.10 bits per heavy atom. The summed E-state index contributed by atoms with van der Waals surface area (Å²) in [6.45, 7) is 7.31. The molecule has 0 aromatic carbocycles. The fourth-order valence-electron chi connectivity index (χ4n) is 3.47. The summed E-state index contributed by atoms with van der Waals surface area (Å²) in [5.41, 5.74) is 5.59. The van der Waals surface area contributed by atoms with Crippen molar-refractivity contribution in [2.24, 2.45) is 17.6 Å². The molecule has 1 aliphatic rings. The molecule has 6 N–H and O–H groups in total. The molecule has 11 nitrogen and oxygen atoms in total. The summed E-state index contributed by atoms with van der Waals surface area (Å²) in [5.74, 6) is -4.83. The first-order valence-electron chi connectivity index (χ1n) is 10.5. The monoisotopic (exact) mass is 442 g/mol. The molecule has 1 heterocycles. The third-order valence-electron chi connectivity index (χ3n) is 5.58. The molecule has 0 aromatic heterocycles. The molecule has 0 radical (unpaired) electrons. The van der Waals surface area contributed by atoms with Gasteiger partial charge in [0, 0.05) is 6.54 Å². The zero-order valence-corrected chi connectivity index (χ0v) is 18.5. The lowest BCUT2D eigenvalue weighted by molar-refractivity contribution is -0.150. The number of likely N-dealkylation sites (tertiary alicyclic amines) is 1. The highest BCUT2D eigenvalue weighted by Crippen LogP contribution is 2.20. The van der Waals surface area contributed by atoms with Gasteiger partial charge in [-0.1, -0.05) is 34.1 Å². The van der Waals surface area contributed by atoms with Gasteiger partial charge in [-0.05, 0) is 24.7 Å². The van der Waals surface area contributed by atoms with Gasteiger partial charge in [0.2, 0.25) is 17.7 Å². The molecule has 31 heavy (non-hydrogen) atoms. The fraction of sp³-hybridized carbons (Fsp3) is 0.750. The molecular formula is C20H34N4O7. The summed E-state index contributed by atoms with van der Waals surface area (Å²) >= 11 is 0. The average Bonchev–Trinajstić information content (AvgIpc) is 3.18. The first-order chi connectivity index (χ1) is 14.4. The highest BCUT2D eigenvalue weighted by molar-refractivity contribution is 5.95. The van der Waals surface area contributed by atoms with E-state index in [1.807, 2.05) is 6.92 Å². The first kappa shape index (κ1) is 26.3. The number of hydrogen-bond acceptors (Lipinski definition) is 6. The number of carboxylic acids is 2. The van der Waals surface area contributed by atoms with E-state index in [1.165, 1.54) is 4.90 Å². The molecule has 5 unspecified atom stereocenters. The van der Waals surface area contributed by atoms with Crippen LogP contribution in [0.15, 0.2) is 0 Å². The van der Waals surface area contributed by atoms with Crippen LogP contribution < -0.4 is 16.4 Å². The minimum Gasteiger partial charge on any atom is -0.481 e. The van der Waals surface area contributed by atoms with E-state index in [0.717, 1.165) is 0 Å². The number of nitrogens with zero attached hydrogens (tertiary/aromatic N) is 1. The van der Waals surface area contributed by atoms with Crippen LogP contribution in [0, 0.1) is 11.8 Å². The molecule has 11 heteroatoms. The van der Waals surface area contributed by atoms with Crippen molar-refractivity contribution in [3.63, 3.8) is 0 Å². The molecule has 1 saturated heterocycles. The number of carbonyl (C=O) groups is 5. The molecule has 1 aliphatic heterocycles. The number of carboxylic acid groups (broad SMARTS) is 2. The molecule has 0 bridgehead atoms. The summed E-state index contributed by atoms with van der Waals surface area (Å²) in [6.07, 6.45) is 0.862. The largest absolute Gasteiger partial charge is 0.481 e. The number of hydrogen-bond donors (Lipinski definition) is 5. The Hall–Kier alpha value is -2.69. The maximum Gasteiger partial charge on any atom is 0.326 e. The average molecular weight is 443 g/mol. The van der Waals surface area contributed by atoms with Crippen LogP contribution in [0.5, 0.6) is 0 Å². The molecular weight excluding hydrogens is 408 g/mol. The van der Waals surface area contributed by atoms with Crippen molar-refractivity contribution < 1.29 is 34.2 Å². The predicted octanol–water partition coefficient (Wildman–Crippen LogP) is -0.464. The lowest BCUT2D eigenvalue weighted by Crippen LogP contribution is -2.59. The van der Waals surface area contributed by atoms with Crippen molar-refractivity contribution in [2.45, 2.75) is 77.5 Å². The van der Waals surface area contributed by atoms with Crippen molar-refractivity contribution in [3.8, 4) is 0 Å². The molecule has 5 atom stereocenters. The van der Waals surface area contributed by atoms with E-state index < -0.39 is 60.2 Å². The topological polar surface area (TPSA) is 179 Å². The molecule has 0 saturated carbocycles. The van der Waals surface area contributed by atoms with Gasteiger partial charge in [-0.15, -0.1) is 0 Å². The van der Waals surface area contributed by atoms with Gasteiger partial charge in [-0.2, -0.15) is 0 Å². The van der Waals surface area contributed by atoms with E-state index in [2.05, 4.69) is 10.6 Å². The molecule has 3 amide bonds. The Labute approximate surface area is 181 Å². The van der Waals surface area contributed by atoms with Gasteiger partial charge in [0.1, 0.15) is 18.1 Å². The lowest BCUT2D eigenvalue weighted by Gasteiger charge is -2.32. The smallest absolute Gasteiger partial charge is 0.326 e. The van der Waals surface area contributed by atoms with E-state index in [4.69, 9.17) is 10.8 Å². The van der Waals surface area contributed by atoms with Crippen molar-refractivity contribution in [3.05, 3.63) is 0 Å². The minimum absolute atomic E-state index is 0.296. The number of rotatable bonds is 11. The number of aliphatic carboxylic acids is 2. The van der Waals surface area contributed by atoms with Gasteiger partial charge in [-0.3, -0.25) is 19.2 Å². The highest BCUT2D eigenvalue weighted by Gasteiger charge is 2.39. The summed E-state index contributed by atoms with van der Waals surface area (Å²) in [5, 5.41) is 23.3. The lowest BCUT2D eigenvalue weighted by atomic mass is 9.95. The number of carbonyl (C=O) groups excluding carboxylic acids is 3. The van der Waals surface area contributed by atoms with E-state index in [0.29, 0.717) is 25.8 Å². The Balaban J connectivity index is 2.99. The van der Waals surface area contributed by atoms with Gasteiger partial charge in [0.05, 0.1) is 12.5 Å². The van der Waals surface area contributed by atoms with Crippen molar-refractivity contribution >= 4 is 29.7 Å². The Morgan fingerprint density at radius 1 is 1.03 bits per heavy atom. The number of amides is 3. The van der Waals surface area contributed by atoms with Crippen LogP contribution in [0.3, 0.4) is 0 Å². The van der Waals surface area contributed by atoms with Crippen LogP contribution in [0.2, 0.25) is 0 Å². The molecule has 1 rings (SSSR count). The van der Waals surface area contributed by atoms with Crippen LogP contribution in [-0.2, 0) is 24.0 Å². The zero-order valence-electron chi connectivity index (χ0n) is 18.5. The third kappa shape index (κ3) is 7.20. The van der Waals surface area contributed by atoms with Crippen LogP contribution in [0.4, 0.5) is 0 Å². The van der Waals surface area contributed by atoms with Gasteiger partial charge in [0.25, 0.3) is 0 Å². The van der Waals surface area contributed by atoms with E-state index in [9.17, 15) is 29.1 Å². The minimum atomic E-state index is -1.32. The van der Waals surface area contributed by atoms with Gasteiger partial charge in [-0.25, -0.2) is 4.79 Å². The molecule has 176 valence electrons. The van der Waals surface area contributed by atoms with Crippen LogP contribution in [0.25, 0.3) is 0 Å². The summed E-state index contributed by atoms with van der Waals surface area (Å²) in [6, 6.07) is -4.24. The van der Waals surface area contributed by atoms with E-state index in [-0.39, 0.29) is 11.8 Å². The second-order valence-corrected chi connectivity index (χ2v) is 8.33. The van der Waals surface area contributed by atoms with Gasteiger partial charge in [0.15, 0.2) is 0 Å². The Bertz CT molecular complexity index is 697. The first-order valence-corrected chi connectivity index (χ1v) is 10.5. The van der Waals surface area contributed by atoms with Crippen LogP contribution in [0.1, 0.15) is 53.4 Å². The highest BCUT2D eigenvalue weighted by atomic mass is 16.4. The van der Waals surface area contributed by atoms with Gasteiger partial charge >= 0.3 is 11.9 Å². The fourth-order valence-corrected chi connectivity index (χ4v) is 3.47. The van der Waals surface area contributed by atoms with Crippen LogP contribution in [-0.4, -0.2) is 75.5 Å². The SMILES string of the molecule is CCC(C)C(NC(=O)C(N)CC(=O)O)C(=O)NC(C(=O)N1CCCC1C(=O)O)C(C)C. The normalized spacial score (nSPS) is 19.9. The molecule has 0 aromatic rings. The number of nitrogens with one attached hydrogen (secondary N) is 2. The second kappa shape index (κ2) is 11.6. The quantitative estimate of drug-likeness (QED) is 0.285. The maximum absolute atomic E-state index is 13.0. The van der Waals surface area contributed by atoms with Gasteiger partial charge < -0.3 is 31.5 Å². The molecule has 0 aliphatic carbocycles.